The molecular weight excluding hydrogens is 393 g/mol. The van der Waals surface area contributed by atoms with Gasteiger partial charge in [0, 0.05) is 15.6 Å². The second-order valence-electron chi connectivity index (χ2n) is 6.35. The summed E-state index contributed by atoms with van der Waals surface area (Å²) >= 11 is 3.53. The fourth-order valence-corrected chi connectivity index (χ4v) is 3.12. The van der Waals surface area contributed by atoms with E-state index in [0.717, 1.165) is 34.4 Å². The van der Waals surface area contributed by atoms with E-state index in [4.69, 9.17) is 4.74 Å². The number of quaternary nitrogens is 1. The van der Waals surface area contributed by atoms with Crippen molar-refractivity contribution in [3.8, 4) is 5.75 Å². The molecule has 4 heteroatoms. The molecule has 0 unspecified atom stereocenters. The summed E-state index contributed by atoms with van der Waals surface area (Å²) in [7, 11) is 0. The van der Waals surface area contributed by atoms with Gasteiger partial charge in [-0.05, 0) is 42.8 Å². The molecule has 3 aromatic rings. The van der Waals surface area contributed by atoms with E-state index in [1.54, 1.807) is 12.1 Å². The molecule has 0 heterocycles. The number of benzene rings is 3. The van der Waals surface area contributed by atoms with Crippen LogP contribution < -0.4 is 10.1 Å². The third-order valence-corrected chi connectivity index (χ3v) is 4.69. The lowest BCUT2D eigenvalue weighted by atomic mass is 10.1. The number of rotatable bonds is 7. The molecular formula is C22H22BrFNO+. The molecule has 0 aromatic heterocycles. The van der Waals surface area contributed by atoms with E-state index >= 15 is 0 Å². The van der Waals surface area contributed by atoms with Crippen LogP contribution in [0.1, 0.15) is 22.3 Å². The van der Waals surface area contributed by atoms with Gasteiger partial charge in [0.25, 0.3) is 0 Å². The number of ether oxygens (including phenoxy) is 1. The minimum absolute atomic E-state index is 0.233. The van der Waals surface area contributed by atoms with Gasteiger partial charge >= 0.3 is 0 Å². The summed E-state index contributed by atoms with van der Waals surface area (Å²) in [6, 6.07) is 21.1. The van der Waals surface area contributed by atoms with E-state index in [2.05, 4.69) is 58.5 Å². The van der Waals surface area contributed by atoms with E-state index < -0.39 is 0 Å². The van der Waals surface area contributed by atoms with E-state index in [9.17, 15) is 4.39 Å². The van der Waals surface area contributed by atoms with Crippen molar-refractivity contribution >= 4 is 15.9 Å². The highest BCUT2D eigenvalue weighted by molar-refractivity contribution is 9.10. The van der Waals surface area contributed by atoms with Crippen LogP contribution in [0.5, 0.6) is 5.75 Å². The molecule has 2 nitrogen and oxygen atoms in total. The van der Waals surface area contributed by atoms with Crippen LogP contribution in [0.4, 0.5) is 4.39 Å². The highest BCUT2D eigenvalue weighted by atomic mass is 79.9. The van der Waals surface area contributed by atoms with Gasteiger partial charge in [-0.15, -0.1) is 0 Å². The minimum Gasteiger partial charge on any atom is -0.488 e. The lowest BCUT2D eigenvalue weighted by Gasteiger charge is -2.12. The van der Waals surface area contributed by atoms with Crippen LogP contribution in [0.3, 0.4) is 0 Å². The first-order chi connectivity index (χ1) is 12.6. The first-order valence-corrected chi connectivity index (χ1v) is 9.42. The quantitative estimate of drug-likeness (QED) is 0.593. The summed E-state index contributed by atoms with van der Waals surface area (Å²) in [5.41, 5.74) is 4.66. The maximum absolute atomic E-state index is 13.0. The van der Waals surface area contributed by atoms with Crippen LogP contribution >= 0.6 is 15.9 Å². The molecule has 26 heavy (non-hydrogen) atoms. The highest BCUT2D eigenvalue weighted by Gasteiger charge is 2.08. The Balaban J connectivity index is 1.61. The predicted molar refractivity (Wildman–Crippen MR) is 105 cm³/mol. The molecule has 134 valence electrons. The van der Waals surface area contributed by atoms with Gasteiger partial charge in [-0.25, -0.2) is 4.39 Å². The van der Waals surface area contributed by atoms with E-state index in [1.807, 2.05) is 12.1 Å². The summed E-state index contributed by atoms with van der Waals surface area (Å²) in [4.78, 5) is 0. The molecule has 0 aliphatic rings. The average molecular weight is 415 g/mol. The summed E-state index contributed by atoms with van der Waals surface area (Å²) < 4.78 is 20.0. The van der Waals surface area contributed by atoms with Gasteiger partial charge in [0.1, 0.15) is 31.3 Å². The van der Waals surface area contributed by atoms with Gasteiger partial charge in [-0.2, -0.15) is 0 Å². The predicted octanol–water partition coefficient (Wildman–Crippen LogP) is 4.74. The van der Waals surface area contributed by atoms with Gasteiger partial charge in [0.2, 0.25) is 0 Å². The first kappa shape index (κ1) is 18.6. The first-order valence-electron chi connectivity index (χ1n) is 8.63. The lowest BCUT2D eigenvalue weighted by molar-refractivity contribution is -0.686. The third kappa shape index (κ3) is 5.41. The lowest BCUT2D eigenvalue weighted by Crippen LogP contribution is -2.80. The van der Waals surface area contributed by atoms with Gasteiger partial charge in [0.15, 0.2) is 0 Å². The number of hydrogen-bond acceptors (Lipinski definition) is 1. The van der Waals surface area contributed by atoms with Crippen molar-refractivity contribution in [2.24, 2.45) is 0 Å². The Kier molecular flexibility index (Phi) is 6.42. The minimum atomic E-state index is -0.233. The smallest absolute Gasteiger partial charge is 0.128 e. The molecule has 3 rings (SSSR count). The molecule has 0 spiro atoms. The standard InChI is InChI=1S/C22H21BrFNO/c1-16-2-4-17(5-3-16)13-25-14-19-12-20(23)8-11-22(19)26-15-18-6-9-21(24)10-7-18/h2-12,25H,13-15H2,1H3/p+1. The Bertz CT molecular complexity index is 847. The zero-order valence-electron chi connectivity index (χ0n) is 14.7. The van der Waals surface area contributed by atoms with E-state index in [1.165, 1.54) is 23.3 Å². The molecule has 0 aliphatic heterocycles. The Labute approximate surface area is 162 Å². The van der Waals surface area contributed by atoms with Crippen molar-refractivity contribution in [2.75, 3.05) is 0 Å². The topological polar surface area (TPSA) is 25.8 Å². The fourth-order valence-electron chi connectivity index (χ4n) is 2.71. The van der Waals surface area contributed by atoms with Crippen LogP contribution in [0, 0.1) is 12.7 Å². The van der Waals surface area contributed by atoms with Crippen LogP contribution in [-0.2, 0) is 19.7 Å². The Morgan fingerprint density at radius 3 is 2.31 bits per heavy atom. The number of aryl methyl sites for hydroxylation is 1. The Morgan fingerprint density at radius 2 is 1.58 bits per heavy atom. The van der Waals surface area contributed by atoms with Crippen molar-refractivity contribution in [3.63, 3.8) is 0 Å². The van der Waals surface area contributed by atoms with Crippen LogP contribution in [0.15, 0.2) is 71.2 Å². The normalized spacial score (nSPS) is 10.7. The molecule has 0 aliphatic carbocycles. The van der Waals surface area contributed by atoms with Crippen molar-refractivity contribution in [2.45, 2.75) is 26.6 Å². The Hall–Kier alpha value is -2.17. The van der Waals surface area contributed by atoms with Crippen molar-refractivity contribution in [1.29, 1.82) is 0 Å². The van der Waals surface area contributed by atoms with E-state index in [0.29, 0.717) is 6.61 Å². The maximum atomic E-state index is 13.0. The third-order valence-electron chi connectivity index (χ3n) is 4.20. The summed E-state index contributed by atoms with van der Waals surface area (Å²) in [6.45, 7) is 4.27. The average Bonchev–Trinajstić information content (AvgIpc) is 2.64. The SMILES string of the molecule is Cc1ccc(C[NH2+]Cc2cc(Br)ccc2OCc2ccc(F)cc2)cc1. The van der Waals surface area contributed by atoms with Crippen LogP contribution in [0.25, 0.3) is 0 Å². The largest absolute Gasteiger partial charge is 0.488 e. The van der Waals surface area contributed by atoms with Crippen molar-refractivity contribution in [3.05, 3.63) is 99.3 Å². The molecule has 0 atom stereocenters. The zero-order chi connectivity index (χ0) is 18.4. The molecule has 0 saturated carbocycles. The molecule has 2 N–H and O–H groups in total. The van der Waals surface area contributed by atoms with Gasteiger partial charge < -0.3 is 10.1 Å². The van der Waals surface area contributed by atoms with Crippen molar-refractivity contribution in [1.82, 2.24) is 0 Å². The van der Waals surface area contributed by atoms with Crippen molar-refractivity contribution < 1.29 is 14.4 Å². The number of nitrogens with two attached hydrogens (primary N) is 1. The molecule has 0 fully saturated rings. The van der Waals surface area contributed by atoms with Crippen LogP contribution in [-0.4, -0.2) is 0 Å². The van der Waals surface area contributed by atoms with E-state index in [-0.39, 0.29) is 5.82 Å². The zero-order valence-corrected chi connectivity index (χ0v) is 16.3. The number of hydrogen-bond donors (Lipinski definition) is 1. The van der Waals surface area contributed by atoms with Gasteiger partial charge in [0.05, 0.1) is 0 Å². The molecule has 3 aromatic carbocycles. The maximum Gasteiger partial charge on any atom is 0.128 e. The number of halogens is 2. The second-order valence-corrected chi connectivity index (χ2v) is 7.27. The highest BCUT2D eigenvalue weighted by Crippen LogP contribution is 2.23. The molecule has 0 saturated heterocycles. The fraction of sp³-hybridized carbons (Fsp3) is 0.182. The van der Waals surface area contributed by atoms with Crippen LogP contribution in [0.2, 0.25) is 0 Å². The second kappa shape index (κ2) is 8.97. The molecule has 0 bridgehead atoms. The summed E-state index contributed by atoms with van der Waals surface area (Å²) in [5, 5.41) is 2.26. The summed E-state index contributed by atoms with van der Waals surface area (Å²) in [5.74, 6) is 0.626. The monoisotopic (exact) mass is 414 g/mol. The summed E-state index contributed by atoms with van der Waals surface area (Å²) in [6.07, 6.45) is 0. The molecule has 0 amide bonds. The van der Waals surface area contributed by atoms with Gasteiger partial charge in [-0.1, -0.05) is 57.9 Å². The molecule has 0 radical (unpaired) electrons. The Morgan fingerprint density at radius 1 is 0.885 bits per heavy atom. The van der Waals surface area contributed by atoms with Gasteiger partial charge in [-0.3, -0.25) is 0 Å².